The van der Waals surface area contributed by atoms with E-state index in [0.717, 1.165) is 33.8 Å². The second kappa shape index (κ2) is 6.21. The van der Waals surface area contributed by atoms with Gasteiger partial charge >= 0.3 is 0 Å². The van der Waals surface area contributed by atoms with Crippen LogP contribution >= 0.6 is 0 Å². The van der Waals surface area contributed by atoms with Crippen LogP contribution in [0, 0.1) is 13.8 Å². The summed E-state index contributed by atoms with van der Waals surface area (Å²) in [5.74, 6) is 0.915. The van der Waals surface area contributed by atoms with E-state index in [2.05, 4.69) is 41.2 Å². The van der Waals surface area contributed by atoms with Gasteiger partial charge in [-0.15, -0.1) is 0 Å². The van der Waals surface area contributed by atoms with Crippen LogP contribution in [0.4, 0.5) is 0 Å². The van der Waals surface area contributed by atoms with Gasteiger partial charge in [0.25, 0.3) is 0 Å². The standard InChI is InChI=1S/C18H23N5O2S/c1-4-7-26(24,25)23-6-5-13-16(10-23)21-22-17(13)18-19-14-8-11(2)12(3)9-15(14)20-18/h8-9H,4-7,10H2,1-3H3,(H,19,20)(H,21,22). The summed E-state index contributed by atoms with van der Waals surface area (Å²) in [5.41, 5.74) is 7.04. The Balaban J connectivity index is 1.69. The largest absolute Gasteiger partial charge is 0.337 e. The van der Waals surface area contributed by atoms with Gasteiger partial charge in [0, 0.05) is 12.1 Å². The maximum absolute atomic E-state index is 12.3. The molecule has 0 amide bonds. The number of hydrogen-bond acceptors (Lipinski definition) is 4. The molecule has 1 aliphatic rings. The Morgan fingerprint density at radius 1 is 1.23 bits per heavy atom. The van der Waals surface area contributed by atoms with E-state index in [1.807, 2.05) is 6.92 Å². The van der Waals surface area contributed by atoms with Crippen molar-refractivity contribution in [3.63, 3.8) is 0 Å². The summed E-state index contributed by atoms with van der Waals surface area (Å²) in [6.45, 7) is 6.87. The summed E-state index contributed by atoms with van der Waals surface area (Å²) in [5, 5.41) is 7.45. The fraction of sp³-hybridized carbons (Fsp3) is 0.444. The van der Waals surface area contributed by atoms with Crippen LogP contribution in [0.25, 0.3) is 22.6 Å². The van der Waals surface area contributed by atoms with Crippen molar-refractivity contribution in [1.29, 1.82) is 0 Å². The van der Waals surface area contributed by atoms with E-state index >= 15 is 0 Å². The van der Waals surface area contributed by atoms with Crippen LogP contribution in [0.1, 0.15) is 35.7 Å². The lowest BCUT2D eigenvalue weighted by Gasteiger charge is -2.25. The molecule has 8 heteroatoms. The molecule has 0 fully saturated rings. The minimum absolute atomic E-state index is 0.186. The first kappa shape index (κ1) is 17.2. The minimum Gasteiger partial charge on any atom is -0.337 e. The van der Waals surface area contributed by atoms with Gasteiger partial charge in [0.1, 0.15) is 5.69 Å². The van der Waals surface area contributed by atoms with Crippen molar-refractivity contribution < 1.29 is 8.42 Å². The molecule has 0 bridgehead atoms. The molecule has 0 aliphatic carbocycles. The van der Waals surface area contributed by atoms with Crippen LogP contribution in [-0.2, 0) is 23.0 Å². The number of H-pyrrole nitrogens is 2. The summed E-state index contributed by atoms with van der Waals surface area (Å²) < 4.78 is 26.2. The molecule has 2 aromatic heterocycles. The highest BCUT2D eigenvalue weighted by Gasteiger charge is 2.30. The number of imidazole rings is 1. The molecule has 0 spiro atoms. The number of hydrogen-bond donors (Lipinski definition) is 2. The molecule has 0 saturated heterocycles. The normalized spacial score (nSPS) is 15.5. The van der Waals surface area contributed by atoms with Crippen molar-refractivity contribution in [2.45, 2.75) is 40.2 Å². The van der Waals surface area contributed by atoms with Gasteiger partial charge < -0.3 is 4.98 Å². The average molecular weight is 373 g/mol. The van der Waals surface area contributed by atoms with E-state index in [4.69, 9.17) is 4.98 Å². The topological polar surface area (TPSA) is 94.7 Å². The molecule has 0 unspecified atom stereocenters. The van der Waals surface area contributed by atoms with Gasteiger partial charge in [0.15, 0.2) is 5.82 Å². The SMILES string of the molecule is CCCS(=O)(=O)N1CCc2c(-c3nc4cc(C)c(C)cc4[nH]3)n[nH]c2C1. The molecule has 26 heavy (non-hydrogen) atoms. The fourth-order valence-electron chi connectivity index (χ4n) is 3.50. The average Bonchev–Trinajstić information content (AvgIpc) is 3.18. The molecular formula is C18H23N5O2S. The summed E-state index contributed by atoms with van der Waals surface area (Å²) in [6.07, 6.45) is 1.26. The van der Waals surface area contributed by atoms with E-state index in [1.54, 1.807) is 4.31 Å². The number of sulfonamides is 1. The van der Waals surface area contributed by atoms with Gasteiger partial charge in [-0.2, -0.15) is 9.40 Å². The van der Waals surface area contributed by atoms with Crippen LogP contribution < -0.4 is 0 Å². The van der Waals surface area contributed by atoms with Crippen LogP contribution in [0.3, 0.4) is 0 Å². The summed E-state index contributed by atoms with van der Waals surface area (Å²) >= 11 is 0. The quantitative estimate of drug-likeness (QED) is 0.735. The number of aromatic nitrogens is 4. The van der Waals surface area contributed by atoms with Crippen molar-refractivity contribution in [3.05, 3.63) is 34.5 Å². The van der Waals surface area contributed by atoms with Gasteiger partial charge in [-0.1, -0.05) is 6.92 Å². The van der Waals surface area contributed by atoms with E-state index < -0.39 is 10.0 Å². The molecule has 0 atom stereocenters. The number of rotatable bonds is 4. The third-order valence-corrected chi connectivity index (χ3v) is 7.10. The highest BCUT2D eigenvalue weighted by molar-refractivity contribution is 7.89. The maximum Gasteiger partial charge on any atom is 0.214 e. The third-order valence-electron chi connectivity index (χ3n) is 5.08. The molecule has 2 N–H and O–H groups in total. The number of benzene rings is 1. The van der Waals surface area contributed by atoms with Gasteiger partial charge in [-0.25, -0.2) is 13.4 Å². The molecule has 138 valence electrons. The fourth-order valence-corrected chi connectivity index (χ4v) is 4.96. The van der Waals surface area contributed by atoms with E-state index in [-0.39, 0.29) is 5.75 Å². The van der Waals surface area contributed by atoms with Crippen molar-refractivity contribution >= 4 is 21.1 Å². The van der Waals surface area contributed by atoms with Gasteiger partial charge in [0.05, 0.1) is 29.0 Å². The maximum atomic E-state index is 12.3. The predicted molar refractivity (Wildman–Crippen MR) is 101 cm³/mol. The Kier molecular flexibility index (Phi) is 4.11. The number of nitrogens with one attached hydrogen (secondary N) is 2. The lowest BCUT2D eigenvalue weighted by Crippen LogP contribution is -2.37. The van der Waals surface area contributed by atoms with Crippen molar-refractivity contribution in [3.8, 4) is 11.5 Å². The van der Waals surface area contributed by atoms with Crippen LogP contribution in [0.5, 0.6) is 0 Å². The van der Waals surface area contributed by atoms with Gasteiger partial charge in [-0.3, -0.25) is 5.10 Å². The molecule has 3 heterocycles. The van der Waals surface area contributed by atoms with E-state index in [9.17, 15) is 8.42 Å². The zero-order valence-electron chi connectivity index (χ0n) is 15.3. The molecule has 4 rings (SSSR count). The summed E-state index contributed by atoms with van der Waals surface area (Å²) in [6, 6.07) is 4.17. The summed E-state index contributed by atoms with van der Waals surface area (Å²) in [7, 11) is -3.20. The summed E-state index contributed by atoms with van der Waals surface area (Å²) in [4.78, 5) is 8.04. The predicted octanol–water partition coefficient (Wildman–Crippen LogP) is 2.67. The van der Waals surface area contributed by atoms with Crippen molar-refractivity contribution in [1.82, 2.24) is 24.5 Å². The van der Waals surface area contributed by atoms with Gasteiger partial charge in [0.2, 0.25) is 10.0 Å². The molecule has 0 saturated carbocycles. The molecule has 1 aromatic carbocycles. The molecule has 1 aliphatic heterocycles. The minimum atomic E-state index is -3.20. The number of aryl methyl sites for hydroxylation is 2. The highest BCUT2D eigenvalue weighted by atomic mass is 32.2. The van der Waals surface area contributed by atoms with Crippen molar-refractivity contribution in [2.24, 2.45) is 0 Å². The highest BCUT2D eigenvalue weighted by Crippen LogP contribution is 2.29. The Labute approximate surface area is 152 Å². The molecule has 7 nitrogen and oxygen atoms in total. The first-order chi connectivity index (χ1) is 12.4. The second-order valence-electron chi connectivity index (χ2n) is 6.97. The molecule has 3 aromatic rings. The Morgan fingerprint density at radius 3 is 2.77 bits per heavy atom. The zero-order chi connectivity index (χ0) is 18.5. The Hall–Kier alpha value is -2.19. The Bertz CT molecular complexity index is 1040. The van der Waals surface area contributed by atoms with Gasteiger partial charge in [-0.05, 0) is 49.9 Å². The lowest BCUT2D eigenvalue weighted by molar-refractivity contribution is 0.387. The Morgan fingerprint density at radius 2 is 2.00 bits per heavy atom. The first-order valence-electron chi connectivity index (χ1n) is 8.90. The first-order valence-corrected chi connectivity index (χ1v) is 10.5. The van der Waals surface area contributed by atoms with Crippen molar-refractivity contribution in [2.75, 3.05) is 12.3 Å². The lowest BCUT2D eigenvalue weighted by atomic mass is 10.1. The second-order valence-corrected chi connectivity index (χ2v) is 9.06. The molecular weight excluding hydrogens is 350 g/mol. The number of nitrogens with zero attached hydrogens (tertiary/aromatic N) is 3. The molecule has 0 radical (unpaired) electrons. The number of aromatic amines is 2. The van der Waals surface area contributed by atoms with Crippen LogP contribution in [0.2, 0.25) is 0 Å². The zero-order valence-corrected chi connectivity index (χ0v) is 16.1. The monoisotopic (exact) mass is 373 g/mol. The number of fused-ring (bicyclic) bond motifs is 2. The van der Waals surface area contributed by atoms with Crippen LogP contribution in [-0.4, -0.2) is 45.2 Å². The van der Waals surface area contributed by atoms with E-state index in [1.165, 1.54) is 11.1 Å². The third kappa shape index (κ3) is 2.83. The smallest absolute Gasteiger partial charge is 0.214 e. The van der Waals surface area contributed by atoms with E-state index in [0.29, 0.717) is 25.9 Å². The van der Waals surface area contributed by atoms with Crippen LogP contribution in [0.15, 0.2) is 12.1 Å².